The predicted octanol–water partition coefficient (Wildman–Crippen LogP) is 5.71. The maximum atomic E-state index is 10.6. The molecule has 6 heteroatoms. The van der Waals surface area contributed by atoms with Crippen molar-refractivity contribution in [3.8, 4) is 11.5 Å². The predicted molar refractivity (Wildman–Crippen MR) is 134 cm³/mol. The average molecular weight is 446 g/mol. The lowest BCUT2D eigenvalue weighted by Crippen LogP contribution is -2.24. The van der Waals surface area contributed by atoms with Gasteiger partial charge in [0, 0.05) is 12.1 Å². The summed E-state index contributed by atoms with van der Waals surface area (Å²) in [7, 11) is 0. The zero-order valence-corrected chi connectivity index (χ0v) is 19.4. The number of hydrogen-bond acceptors (Lipinski definition) is 5. The van der Waals surface area contributed by atoms with Gasteiger partial charge < -0.3 is 14.9 Å². The van der Waals surface area contributed by atoms with Crippen molar-refractivity contribution in [2.24, 2.45) is 5.92 Å². The molecule has 0 radical (unpaired) electrons. The number of carboxylic acids is 1. The van der Waals surface area contributed by atoms with Gasteiger partial charge in [-0.3, -0.25) is 4.79 Å². The molecule has 0 amide bonds. The van der Waals surface area contributed by atoms with Gasteiger partial charge in [0.05, 0.1) is 6.54 Å². The summed E-state index contributed by atoms with van der Waals surface area (Å²) in [5.41, 5.74) is 3.93. The highest BCUT2D eigenvalue weighted by atomic mass is 16.5. The van der Waals surface area contributed by atoms with Gasteiger partial charge in [0.1, 0.15) is 0 Å². The topological polar surface area (TPSA) is 88.2 Å². The first kappa shape index (κ1) is 25.5. The Morgan fingerprint density at radius 2 is 1.94 bits per heavy atom. The zero-order chi connectivity index (χ0) is 24.1. The fraction of sp³-hybridized carbons (Fsp3) is 0.222. The maximum Gasteiger partial charge on any atom is 0.317 e. The van der Waals surface area contributed by atoms with Crippen LogP contribution in [-0.2, 0) is 4.79 Å². The van der Waals surface area contributed by atoms with Crippen LogP contribution in [0.25, 0.3) is 23.1 Å². The van der Waals surface area contributed by atoms with Gasteiger partial charge in [-0.15, -0.1) is 0 Å². The Hall–Kier alpha value is -3.77. The standard InChI is InChI=1S/C27H31N3O3/c1-5-8-21(18-28-19-26(31)32)10-7-11-25-29-27(33-30-25)24-16-14-23(15-17-24)22(9-6-2)13-12-20(3)4/h5-17,20,28H,2,18-19H2,1,3-4H3,(H,31,32)/b8-5-,11-7+,13-12-,21-10+,22-9+. The maximum absolute atomic E-state index is 10.6. The van der Waals surface area contributed by atoms with Crippen LogP contribution in [-0.4, -0.2) is 34.3 Å². The molecule has 1 aromatic carbocycles. The van der Waals surface area contributed by atoms with Gasteiger partial charge in [0.15, 0.2) is 5.82 Å². The van der Waals surface area contributed by atoms with Crippen molar-refractivity contribution < 1.29 is 14.4 Å². The summed E-state index contributed by atoms with van der Waals surface area (Å²) in [5.74, 6) is 0.467. The highest BCUT2D eigenvalue weighted by Crippen LogP contribution is 2.23. The molecule has 0 aliphatic rings. The first-order chi connectivity index (χ1) is 15.9. The van der Waals surface area contributed by atoms with Crippen molar-refractivity contribution in [1.29, 1.82) is 0 Å². The summed E-state index contributed by atoms with van der Waals surface area (Å²) >= 11 is 0. The number of carbonyl (C=O) groups is 1. The van der Waals surface area contributed by atoms with E-state index in [0.717, 1.165) is 22.3 Å². The number of benzene rings is 1. The van der Waals surface area contributed by atoms with Crippen molar-refractivity contribution in [2.75, 3.05) is 13.1 Å². The van der Waals surface area contributed by atoms with Gasteiger partial charge in [-0.1, -0.05) is 86.3 Å². The Labute approximate surface area is 195 Å². The van der Waals surface area contributed by atoms with Crippen LogP contribution in [0.3, 0.4) is 0 Å². The van der Waals surface area contributed by atoms with Crippen LogP contribution in [0.1, 0.15) is 32.2 Å². The van der Waals surface area contributed by atoms with Crippen molar-refractivity contribution in [3.05, 3.63) is 96.4 Å². The molecular formula is C27H31N3O3. The largest absolute Gasteiger partial charge is 0.480 e. The molecule has 0 fully saturated rings. The highest BCUT2D eigenvalue weighted by Gasteiger charge is 2.07. The number of nitrogens with zero attached hydrogens (tertiary/aromatic N) is 2. The lowest BCUT2D eigenvalue weighted by atomic mass is 10.0. The fourth-order valence-corrected chi connectivity index (χ4v) is 2.86. The van der Waals surface area contributed by atoms with E-state index in [-0.39, 0.29) is 6.54 Å². The van der Waals surface area contributed by atoms with E-state index in [4.69, 9.17) is 9.63 Å². The Morgan fingerprint density at radius 3 is 2.58 bits per heavy atom. The second-order valence-electron chi connectivity index (χ2n) is 7.59. The lowest BCUT2D eigenvalue weighted by Gasteiger charge is -2.04. The summed E-state index contributed by atoms with van der Waals surface area (Å²) in [5, 5.41) is 15.6. The van der Waals surface area contributed by atoms with E-state index in [1.165, 1.54) is 0 Å². The van der Waals surface area contributed by atoms with Crippen LogP contribution in [0.15, 0.2) is 89.5 Å². The Morgan fingerprint density at radius 1 is 1.18 bits per heavy atom. The molecule has 0 unspecified atom stereocenters. The minimum atomic E-state index is -0.891. The molecule has 6 nitrogen and oxygen atoms in total. The molecule has 0 saturated heterocycles. The highest BCUT2D eigenvalue weighted by molar-refractivity contribution is 5.76. The number of aliphatic carboxylic acids is 1. The molecule has 0 aliphatic heterocycles. The number of allylic oxidation sites excluding steroid dienone is 8. The quantitative estimate of drug-likeness (QED) is 0.407. The molecular weight excluding hydrogens is 414 g/mol. The third kappa shape index (κ3) is 9.09. The lowest BCUT2D eigenvalue weighted by molar-refractivity contribution is -0.135. The van der Waals surface area contributed by atoms with Gasteiger partial charge in [-0.05, 0) is 47.8 Å². The Balaban J connectivity index is 2.10. The molecule has 172 valence electrons. The minimum Gasteiger partial charge on any atom is -0.480 e. The van der Waals surface area contributed by atoms with Crippen LogP contribution in [0, 0.1) is 5.92 Å². The van der Waals surface area contributed by atoms with Crippen molar-refractivity contribution in [2.45, 2.75) is 20.8 Å². The molecule has 1 aromatic heterocycles. The van der Waals surface area contributed by atoms with Gasteiger partial charge >= 0.3 is 5.97 Å². The van der Waals surface area contributed by atoms with E-state index in [1.54, 1.807) is 12.2 Å². The van der Waals surface area contributed by atoms with E-state index in [1.807, 2.05) is 61.6 Å². The van der Waals surface area contributed by atoms with Gasteiger partial charge in [-0.25, -0.2) is 0 Å². The molecule has 0 atom stereocenters. The third-order valence-corrected chi connectivity index (χ3v) is 4.41. The van der Waals surface area contributed by atoms with E-state index in [0.29, 0.717) is 24.2 Å². The fourth-order valence-electron chi connectivity index (χ4n) is 2.86. The van der Waals surface area contributed by atoms with Gasteiger partial charge in [0.25, 0.3) is 5.89 Å². The van der Waals surface area contributed by atoms with Crippen LogP contribution in [0.5, 0.6) is 0 Å². The van der Waals surface area contributed by atoms with E-state index in [2.05, 4.69) is 48.0 Å². The Kier molecular flexibility index (Phi) is 10.5. The van der Waals surface area contributed by atoms with Crippen LogP contribution >= 0.6 is 0 Å². The summed E-state index contributed by atoms with van der Waals surface area (Å²) in [6.45, 7) is 10.3. The smallest absolute Gasteiger partial charge is 0.317 e. The van der Waals surface area contributed by atoms with Gasteiger partial charge in [-0.2, -0.15) is 4.98 Å². The second-order valence-corrected chi connectivity index (χ2v) is 7.59. The monoisotopic (exact) mass is 445 g/mol. The molecule has 2 rings (SSSR count). The molecule has 2 N–H and O–H groups in total. The first-order valence-electron chi connectivity index (χ1n) is 10.8. The van der Waals surface area contributed by atoms with Crippen LogP contribution < -0.4 is 5.32 Å². The van der Waals surface area contributed by atoms with Crippen molar-refractivity contribution in [3.63, 3.8) is 0 Å². The molecule has 0 saturated carbocycles. The summed E-state index contributed by atoms with van der Waals surface area (Å²) in [4.78, 5) is 15.1. The average Bonchev–Trinajstić information content (AvgIpc) is 3.25. The van der Waals surface area contributed by atoms with Crippen molar-refractivity contribution >= 4 is 17.6 Å². The van der Waals surface area contributed by atoms with Crippen LogP contribution in [0.4, 0.5) is 0 Å². The number of nitrogens with one attached hydrogen (secondary N) is 1. The minimum absolute atomic E-state index is 0.0928. The summed E-state index contributed by atoms with van der Waals surface area (Å²) in [6, 6.07) is 7.94. The van der Waals surface area contributed by atoms with Gasteiger partial charge in [0.2, 0.25) is 0 Å². The zero-order valence-electron chi connectivity index (χ0n) is 19.4. The van der Waals surface area contributed by atoms with E-state index in [9.17, 15) is 4.79 Å². The molecule has 0 aliphatic carbocycles. The number of hydrogen-bond donors (Lipinski definition) is 2. The normalized spacial score (nSPS) is 13.1. The summed E-state index contributed by atoms with van der Waals surface area (Å²) < 4.78 is 5.40. The Bertz CT molecular complexity index is 1070. The molecule has 0 bridgehead atoms. The SMILES string of the molecule is C=C/C=C(\C=C/C(C)C)c1ccc(-c2nc(/C=C/C=C(\C=C/C)CNCC(=O)O)no2)cc1. The van der Waals surface area contributed by atoms with E-state index < -0.39 is 5.97 Å². The molecule has 0 spiro atoms. The molecule has 1 heterocycles. The first-order valence-corrected chi connectivity index (χ1v) is 10.8. The molecule has 33 heavy (non-hydrogen) atoms. The second kappa shape index (κ2) is 13.6. The van der Waals surface area contributed by atoms with Crippen molar-refractivity contribution in [1.82, 2.24) is 15.5 Å². The van der Waals surface area contributed by atoms with Crippen LogP contribution in [0.2, 0.25) is 0 Å². The van der Waals surface area contributed by atoms with E-state index >= 15 is 0 Å². The molecule has 2 aromatic rings. The third-order valence-electron chi connectivity index (χ3n) is 4.41. The number of rotatable bonds is 12. The summed E-state index contributed by atoms with van der Waals surface area (Å²) in [6.07, 6.45) is 17.2. The number of carboxylic acid groups (broad SMARTS) is 1. The number of aromatic nitrogens is 2.